The first-order valence-electron chi connectivity index (χ1n) is 9.79. The number of carbonyl (C=O) groups is 1. The van der Waals surface area contributed by atoms with Crippen molar-refractivity contribution < 1.29 is 9.53 Å². The first-order chi connectivity index (χ1) is 13.5. The molecule has 144 valence electrons. The number of nitrogens with zero attached hydrogens (tertiary/aromatic N) is 1. The van der Waals surface area contributed by atoms with E-state index in [4.69, 9.17) is 10.5 Å². The van der Waals surface area contributed by atoms with E-state index in [9.17, 15) is 4.79 Å². The Morgan fingerprint density at radius 1 is 1.04 bits per heavy atom. The Bertz CT molecular complexity index is 949. The average Bonchev–Trinajstić information content (AvgIpc) is 3.44. The summed E-state index contributed by atoms with van der Waals surface area (Å²) in [5.41, 5.74) is 12.2. The normalized spacial score (nSPS) is 19.9. The summed E-state index contributed by atoms with van der Waals surface area (Å²) in [6.07, 6.45) is 3.62. The molecule has 0 bridgehead atoms. The van der Waals surface area contributed by atoms with Gasteiger partial charge in [-0.05, 0) is 41.0 Å². The van der Waals surface area contributed by atoms with E-state index in [-0.39, 0.29) is 12.0 Å². The van der Waals surface area contributed by atoms with Crippen molar-refractivity contribution in [1.29, 1.82) is 0 Å². The second-order valence-corrected chi connectivity index (χ2v) is 8.06. The minimum atomic E-state index is -0.421. The van der Waals surface area contributed by atoms with Gasteiger partial charge in [0.1, 0.15) is 0 Å². The molecule has 4 nitrogen and oxygen atoms in total. The fourth-order valence-electron chi connectivity index (χ4n) is 4.00. The Labute approximate surface area is 166 Å². The molecule has 1 saturated carbocycles. The van der Waals surface area contributed by atoms with Gasteiger partial charge in [0.2, 0.25) is 0 Å². The lowest BCUT2D eigenvalue weighted by molar-refractivity contribution is -0.143. The van der Waals surface area contributed by atoms with Crippen molar-refractivity contribution in [1.82, 2.24) is 0 Å². The van der Waals surface area contributed by atoms with Crippen LogP contribution < -0.4 is 5.73 Å². The third-order valence-corrected chi connectivity index (χ3v) is 5.92. The third-order valence-electron chi connectivity index (χ3n) is 5.92. The molecule has 2 aromatic carbocycles. The predicted octanol–water partition coefficient (Wildman–Crippen LogP) is 4.34. The van der Waals surface area contributed by atoms with E-state index in [0.29, 0.717) is 5.92 Å². The Morgan fingerprint density at radius 3 is 2.04 bits per heavy atom. The minimum absolute atomic E-state index is 0.0757. The SMILES string of the molecule is COC(=O)C1(c2ccc(-c3ccc(C4=C(N)C(C(C)C)N=C4)cc3)cc2)CC1. The van der Waals surface area contributed by atoms with Crippen molar-refractivity contribution >= 4 is 17.8 Å². The molecule has 0 radical (unpaired) electrons. The summed E-state index contributed by atoms with van der Waals surface area (Å²) in [6, 6.07) is 16.7. The molecule has 0 spiro atoms. The van der Waals surface area contributed by atoms with Crippen LogP contribution in [-0.2, 0) is 14.9 Å². The van der Waals surface area contributed by atoms with Crippen molar-refractivity contribution in [3.8, 4) is 11.1 Å². The lowest BCUT2D eigenvalue weighted by atomic mass is 9.93. The highest BCUT2D eigenvalue weighted by Gasteiger charge is 2.52. The van der Waals surface area contributed by atoms with Crippen LogP contribution in [-0.4, -0.2) is 25.3 Å². The topological polar surface area (TPSA) is 64.7 Å². The van der Waals surface area contributed by atoms with Crippen LogP contribution in [0.2, 0.25) is 0 Å². The maximum Gasteiger partial charge on any atom is 0.316 e. The van der Waals surface area contributed by atoms with Crippen LogP contribution >= 0.6 is 0 Å². The number of benzene rings is 2. The molecule has 4 rings (SSSR count). The van der Waals surface area contributed by atoms with Crippen LogP contribution in [0.25, 0.3) is 16.7 Å². The molecule has 4 heteroatoms. The lowest BCUT2D eigenvalue weighted by Crippen LogP contribution is -2.21. The second-order valence-electron chi connectivity index (χ2n) is 8.06. The van der Waals surface area contributed by atoms with Crippen LogP contribution in [0.15, 0.2) is 59.2 Å². The Hall–Kier alpha value is -2.88. The summed E-state index contributed by atoms with van der Waals surface area (Å²) in [7, 11) is 1.46. The van der Waals surface area contributed by atoms with Crippen LogP contribution in [0.1, 0.15) is 37.8 Å². The van der Waals surface area contributed by atoms with Crippen molar-refractivity contribution in [2.45, 2.75) is 38.1 Å². The predicted molar refractivity (Wildman–Crippen MR) is 113 cm³/mol. The molecule has 1 unspecified atom stereocenters. The van der Waals surface area contributed by atoms with E-state index >= 15 is 0 Å². The Balaban J connectivity index is 1.55. The molecule has 0 saturated heterocycles. The first-order valence-corrected chi connectivity index (χ1v) is 9.79. The molecule has 1 fully saturated rings. The van der Waals surface area contributed by atoms with Crippen molar-refractivity contribution in [3.63, 3.8) is 0 Å². The summed E-state index contributed by atoms with van der Waals surface area (Å²) in [5, 5.41) is 0. The van der Waals surface area contributed by atoms with Gasteiger partial charge in [-0.15, -0.1) is 0 Å². The van der Waals surface area contributed by atoms with Gasteiger partial charge >= 0.3 is 5.97 Å². The number of nitrogens with two attached hydrogens (primary N) is 1. The zero-order valence-electron chi connectivity index (χ0n) is 16.6. The molecule has 1 aliphatic carbocycles. The number of esters is 1. The van der Waals surface area contributed by atoms with Crippen molar-refractivity contribution in [2.24, 2.45) is 16.6 Å². The number of aliphatic imine (C=N–C) groups is 1. The Kier molecular flexibility index (Phi) is 4.58. The standard InChI is InChI=1S/C24H26N2O2/c1-15(2)22-21(25)20(14-26-22)18-6-4-16(5-7-18)17-8-10-19(11-9-17)24(12-13-24)23(27)28-3/h4-11,14-15,22H,12-13,25H2,1-3H3. The van der Waals surface area contributed by atoms with E-state index < -0.39 is 5.41 Å². The van der Waals surface area contributed by atoms with E-state index in [2.05, 4.69) is 55.2 Å². The highest BCUT2D eigenvalue weighted by molar-refractivity contribution is 6.13. The molecular weight excluding hydrogens is 348 g/mol. The largest absolute Gasteiger partial charge is 0.468 e. The van der Waals surface area contributed by atoms with E-state index in [1.165, 1.54) is 7.11 Å². The Morgan fingerprint density at radius 2 is 1.57 bits per heavy atom. The van der Waals surface area contributed by atoms with Crippen LogP contribution in [0, 0.1) is 5.92 Å². The second kappa shape index (κ2) is 6.93. The van der Waals surface area contributed by atoms with Gasteiger partial charge < -0.3 is 10.5 Å². The number of hydrogen-bond acceptors (Lipinski definition) is 4. The van der Waals surface area contributed by atoms with Gasteiger partial charge in [0.15, 0.2) is 0 Å². The number of methoxy groups -OCH3 is 1. The van der Waals surface area contributed by atoms with Crippen molar-refractivity contribution in [2.75, 3.05) is 7.11 Å². The van der Waals surface area contributed by atoms with E-state index in [0.717, 1.165) is 46.4 Å². The zero-order valence-corrected chi connectivity index (χ0v) is 16.6. The summed E-state index contributed by atoms with van der Waals surface area (Å²) in [5.74, 6) is 0.264. The maximum absolute atomic E-state index is 12.1. The van der Waals surface area contributed by atoms with Gasteiger partial charge in [0.05, 0.1) is 18.6 Å². The molecule has 1 heterocycles. The summed E-state index contributed by atoms with van der Waals surface area (Å²) in [4.78, 5) is 16.6. The summed E-state index contributed by atoms with van der Waals surface area (Å²) in [6.45, 7) is 4.27. The van der Waals surface area contributed by atoms with Gasteiger partial charge in [-0.2, -0.15) is 0 Å². The molecule has 1 atom stereocenters. The molecule has 2 N–H and O–H groups in total. The molecule has 0 aromatic heterocycles. The molecule has 1 aliphatic heterocycles. The number of hydrogen-bond donors (Lipinski definition) is 1. The molecule has 0 amide bonds. The monoisotopic (exact) mass is 374 g/mol. The highest BCUT2D eigenvalue weighted by atomic mass is 16.5. The zero-order chi connectivity index (χ0) is 19.9. The smallest absolute Gasteiger partial charge is 0.316 e. The van der Waals surface area contributed by atoms with Gasteiger partial charge in [0.25, 0.3) is 0 Å². The van der Waals surface area contributed by atoms with E-state index in [1.54, 1.807) is 0 Å². The van der Waals surface area contributed by atoms with Gasteiger partial charge in [-0.25, -0.2) is 0 Å². The summed E-state index contributed by atoms with van der Waals surface area (Å²) < 4.78 is 4.98. The van der Waals surface area contributed by atoms with Crippen LogP contribution in [0.3, 0.4) is 0 Å². The van der Waals surface area contributed by atoms with Crippen LogP contribution in [0.5, 0.6) is 0 Å². The quantitative estimate of drug-likeness (QED) is 0.792. The van der Waals surface area contributed by atoms with Gasteiger partial charge in [-0.1, -0.05) is 62.4 Å². The fourth-order valence-corrected chi connectivity index (χ4v) is 4.00. The van der Waals surface area contributed by atoms with Crippen molar-refractivity contribution in [3.05, 3.63) is 65.4 Å². The van der Waals surface area contributed by atoms with Crippen LogP contribution in [0.4, 0.5) is 0 Å². The molecule has 2 aliphatic rings. The average molecular weight is 374 g/mol. The third kappa shape index (κ3) is 3.03. The minimum Gasteiger partial charge on any atom is -0.468 e. The molecule has 28 heavy (non-hydrogen) atoms. The first kappa shape index (κ1) is 18.5. The maximum atomic E-state index is 12.1. The van der Waals surface area contributed by atoms with Gasteiger partial charge in [0, 0.05) is 17.5 Å². The molecule has 2 aromatic rings. The van der Waals surface area contributed by atoms with Gasteiger partial charge in [-0.3, -0.25) is 9.79 Å². The molecular formula is C24H26N2O2. The summed E-state index contributed by atoms with van der Waals surface area (Å²) >= 11 is 0. The fraction of sp³-hybridized carbons (Fsp3) is 0.333. The number of allylic oxidation sites excluding steroid dienone is 1. The van der Waals surface area contributed by atoms with E-state index in [1.807, 2.05) is 18.3 Å². The number of carbonyl (C=O) groups excluding carboxylic acids is 1. The lowest BCUT2D eigenvalue weighted by Gasteiger charge is -2.14. The number of rotatable bonds is 5. The number of ether oxygens (including phenoxy) is 1. The highest BCUT2D eigenvalue weighted by Crippen LogP contribution is 2.49.